The van der Waals surface area contributed by atoms with Crippen molar-refractivity contribution in [2.75, 3.05) is 16.2 Å². The van der Waals surface area contributed by atoms with Gasteiger partial charge in [-0.3, -0.25) is 14.3 Å². The molecule has 1 N–H and O–H groups in total. The van der Waals surface area contributed by atoms with E-state index in [0.29, 0.717) is 24.2 Å². The van der Waals surface area contributed by atoms with Crippen molar-refractivity contribution in [2.24, 2.45) is 0 Å². The lowest BCUT2D eigenvalue weighted by Gasteiger charge is -2.16. The smallest absolute Gasteiger partial charge is 0.261 e. The number of para-hydroxylation sites is 1. The molecule has 4 rings (SSSR count). The van der Waals surface area contributed by atoms with E-state index in [4.69, 9.17) is 0 Å². The molecule has 0 aliphatic carbocycles. The average molecular weight is 420 g/mol. The fourth-order valence-corrected chi connectivity index (χ4v) is 4.52. The van der Waals surface area contributed by atoms with E-state index < -0.39 is 10.0 Å². The monoisotopic (exact) mass is 420 g/mol. The number of nitrogens with zero attached hydrogens (tertiary/aromatic N) is 1. The average Bonchev–Trinajstić information content (AvgIpc) is 3.20. The SMILES string of the molecule is O=C(c1ccccc1)c1ccccc1NS(=O)(=O)c1ccc(N2CCCC2=O)cc1. The second-order valence-electron chi connectivity index (χ2n) is 6.99. The highest BCUT2D eigenvalue weighted by molar-refractivity contribution is 7.92. The molecule has 1 saturated heterocycles. The molecule has 30 heavy (non-hydrogen) atoms. The number of nitrogens with one attached hydrogen (secondary N) is 1. The Morgan fingerprint density at radius 2 is 1.53 bits per heavy atom. The zero-order valence-electron chi connectivity index (χ0n) is 16.1. The molecule has 152 valence electrons. The molecule has 0 aromatic heterocycles. The van der Waals surface area contributed by atoms with Gasteiger partial charge < -0.3 is 4.90 Å². The zero-order valence-corrected chi connectivity index (χ0v) is 16.9. The van der Waals surface area contributed by atoms with Crippen LogP contribution in [-0.2, 0) is 14.8 Å². The third kappa shape index (κ3) is 3.97. The molecular formula is C23H20N2O4S. The maximum absolute atomic E-state index is 12.9. The van der Waals surface area contributed by atoms with E-state index >= 15 is 0 Å². The molecule has 0 unspecified atom stereocenters. The molecule has 1 heterocycles. The van der Waals surface area contributed by atoms with Gasteiger partial charge in [0.1, 0.15) is 0 Å². The first-order valence-corrected chi connectivity index (χ1v) is 11.1. The van der Waals surface area contributed by atoms with Gasteiger partial charge in [-0.05, 0) is 42.8 Å². The molecule has 0 atom stereocenters. The van der Waals surface area contributed by atoms with Crippen molar-refractivity contribution in [3.63, 3.8) is 0 Å². The summed E-state index contributed by atoms with van der Waals surface area (Å²) >= 11 is 0. The van der Waals surface area contributed by atoms with Crippen LogP contribution in [-0.4, -0.2) is 26.7 Å². The quantitative estimate of drug-likeness (QED) is 0.614. The molecule has 0 spiro atoms. The number of anilines is 2. The molecule has 0 radical (unpaired) electrons. The molecule has 3 aromatic rings. The Balaban J connectivity index is 1.60. The number of ketones is 1. The van der Waals surface area contributed by atoms with Crippen LogP contribution in [0.2, 0.25) is 0 Å². The van der Waals surface area contributed by atoms with Crippen LogP contribution in [0.4, 0.5) is 11.4 Å². The van der Waals surface area contributed by atoms with Gasteiger partial charge in [0, 0.05) is 29.8 Å². The van der Waals surface area contributed by atoms with Crippen molar-refractivity contribution in [1.29, 1.82) is 0 Å². The Morgan fingerprint density at radius 1 is 0.867 bits per heavy atom. The van der Waals surface area contributed by atoms with Gasteiger partial charge in [-0.2, -0.15) is 0 Å². The van der Waals surface area contributed by atoms with Crippen LogP contribution in [0, 0.1) is 0 Å². The summed E-state index contributed by atoms with van der Waals surface area (Å²) in [7, 11) is -3.91. The molecule has 0 saturated carbocycles. The van der Waals surface area contributed by atoms with E-state index in [1.807, 2.05) is 6.07 Å². The first-order chi connectivity index (χ1) is 14.5. The van der Waals surface area contributed by atoms with E-state index in [-0.39, 0.29) is 27.8 Å². The van der Waals surface area contributed by atoms with E-state index in [1.165, 1.54) is 12.1 Å². The number of rotatable bonds is 6. The lowest BCUT2D eigenvalue weighted by Crippen LogP contribution is -2.23. The Kier molecular flexibility index (Phi) is 5.37. The van der Waals surface area contributed by atoms with Gasteiger partial charge in [-0.15, -0.1) is 0 Å². The lowest BCUT2D eigenvalue weighted by atomic mass is 10.0. The van der Waals surface area contributed by atoms with Gasteiger partial charge in [-0.1, -0.05) is 42.5 Å². The van der Waals surface area contributed by atoms with Crippen LogP contribution >= 0.6 is 0 Å². The van der Waals surface area contributed by atoms with Gasteiger partial charge in [-0.25, -0.2) is 8.42 Å². The maximum atomic E-state index is 12.9. The first kappa shape index (κ1) is 19.8. The van der Waals surface area contributed by atoms with Crippen LogP contribution in [0.15, 0.2) is 83.8 Å². The zero-order chi connectivity index (χ0) is 21.1. The van der Waals surface area contributed by atoms with Crippen molar-refractivity contribution >= 4 is 33.1 Å². The third-order valence-corrected chi connectivity index (χ3v) is 6.37. The second-order valence-corrected chi connectivity index (χ2v) is 8.67. The van der Waals surface area contributed by atoms with E-state index in [1.54, 1.807) is 65.6 Å². The maximum Gasteiger partial charge on any atom is 0.261 e. The molecule has 3 aromatic carbocycles. The van der Waals surface area contributed by atoms with Crippen LogP contribution in [0.5, 0.6) is 0 Å². The standard InChI is InChI=1S/C23H20N2O4S/c26-22-11-6-16-25(22)18-12-14-19(15-13-18)30(28,29)24-21-10-5-4-9-20(21)23(27)17-7-2-1-3-8-17/h1-5,7-10,12-15,24H,6,11,16H2. The summed E-state index contributed by atoms with van der Waals surface area (Å²) < 4.78 is 28.3. The van der Waals surface area contributed by atoms with Gasteiger partial charge in [0.25, 0.3) is 10.0 Å². The van der Waals surface area contributed by atoms with E-state index in [0.717, 1.165) is 6.42 Å². The molecule has 7 heteroatoms. The third-order valence-electron chi connectivity index (χ3n) is 4.98. The van der Waals surface area contributed by atoms with Crippen LogP contribution in [0.25, 0.3) is 0 Å². The number of hydrogen-bond acceptors (Lipinski definition) is 4. The highest BCUT2D eigenvalue weighted by Gasteiger charge is 2.23. The summed E-state index contributed by atoms with van der Waals surface area (Å²) in [4.78, 5) is 26.4. The topological polar surface area (TPSA) is 83.6 Å². The summed E-state index contributed by atoms with van der Waals surface area (Å²) in [5.74, 6) is -0.228. The summed E-state index contributed by atoms with van der Waals surface area (Å²) in [6, 6.07) is 21.4. The predicted octanol–water partition coefficient (Wildman–Crippen LogP) is 3.85. The number of benzene rings is 3. The Labute approximate surface area is 175 Å². The van der Waals surface area contributed by atoms with Crippen molar-refractivity contribution in [3.05, 3.63) is 90.0 Å². The first-order valence-electron chi connectivity index (χ1n) is 9.58. The minimum absolute atomic E-state index is 0.0390. The van der Waals surface area contributed by atoms with Crippen molar-refractivity contribution < 1.29 is 18.0 Å². The van der Waals surface area contributed by atoms with Gasteiger partial charge in [0.2, 0.25) is 5.91 Å². The Morgan fingerprint density at radius 3 is 2.20 bits per heavy atom. The lowest BCUT2D eigenvalue weighted by molar-refractivity contribution is -0.117. The number of hydrogen-bond donors (Lipinski definition) is 1. The molecule has 1 amide bonds. The van der Waals surface area contributed by atoms with Crippen molar-refractivity contribution in [1.82, 2.24) is 0 Å². The van der Waals surface area contributed by atoms with Crippen LogP contribution in [0.3, 0.4) is 0 Å². The minimum atomic E-state index is -3.91. The fourth-order valence-electron chi connectivity index (χ4n) is 3.45. The van der Waals surface area contributed by atoms with E-state index in [2.05, 4.69) is 4.72 Å². The highest BCUT2D eigenvalue weighted by Crippen LogP contribution is 2.26. The molecule has 6 nitrogen and oxygen atoms in total. The van der Waals surface area contributed by atoms with Gasteiger partial charge in [0.15, 0.2) is 5.78 Å². The number of amides is 1. The molecule has 1 aliphatic heterocycles. The molecule has 1 fully saturated rings. The number of carbonyl (C=O) groups excluding carboxylic acids is 2. The van der Waals surface area contributed by atoms with Gasteiger partial charge in [0.05, 0.1) is 10.6 Å². The van der Waals surface area contributed by atoms with Crippen LogP contribution in [0.1, 0.15) is 28.8 Å². The Hall–Kier alpha value is -3.45. The largest absolute Gasteiger partial charge is 0.312 e. The fraction of sp³-hybridized carbons (Fsp3) is 0.130. The predicted molar refractivity (Wildman–Crippen MR) is 115 cm³/mol. The molecule has 1 aliphatic rings. The number of carbonyl (C=O) groups is 2. The second kappa shape index (κ2) is 8.12. The number of sulfonamides is 1. The minimum Gasteiger partial charge on any atom is -0.312 e. The normalized spacial score (nSPS) is 14.0. The summed E-state index contributed by atoms with van der Waals surface area (Å²) in [6.45, 7) is 0.637. The van der Waals surface area contributed by atoms with Gasteiger partial charge >= 0.3 is 0 Å². The van der Waals surface area contributed by atoms with Crippen molar-refractivity contribution in [3.8, 4) is 0 Å². The van der Waals surface area contributed by atoms with E-state index in [9.17, 15) is 18.0 Å². The Bertz CT molecular complexity index is 1190. The summed E-state index contributed by atoms with van der Waals surface area (Å²) in [5, 5.41) is 0. The molecule has 0 bridgehead atoms. The van der Waals surface area contributed by atoms with Crippen molar-refractivity contribution in [2.45, 2.75) is 17.7 Å². The summed E-state index contributed by atoms with van der Waals surface area (Å²) in [5.41, 5.74) is 1.64. The molecular weight excluding hydrogens is 400 g/mol. The highest BCUT2D eigenvalue weighted by atomic mass is 32.2. The summed E-state index contributed by atoms with van der Waals surface area (Å²) in [6.07, 6.45) is 1.31. The van der Waals surface area contributed by atoms with Crippen LogP contribution < -0.4 is 9.62 Å².